The first-order chi connectivity index (χ1) is 9.67. The van der Waals surface area contributed by atoms with E-state index in [0.717, 1.165) is 6.54 Å². The summed E-state index contributed by atoms with van der Waals surface area (Å²) in [6, 6.07) is 0. The Morgan fingerprint density at radius 2 is 1.65 bits per heavy atom. The van der Waals surface area contributed by atoms with Gasteiger partial charge in [0.05, 0.1) is 0 Å². The average Bonchev–Trinajstić information content (AvgIpc) is 2.85. The minimum absolute atomic E-state index is 0. The molecule has 1 heterocycles. The SMILES string of the molecule is CCCC1(CCC)CCC2(CCN(CCCN)C2)CC1.[HH]. The lowest BCUT2D eigenvalue weighted by molar-refractivity contribution is 0.0647. The third kappa shape index (κ3) is 3.76. The van der Waals surface area contributed by atoms with E-state index in [0.29, 0.717) is 10.8 Å². The number of likely N-dealkylation sites (tertiary alicyclic amines) is 1. The lowest BCUT2D eigenvalue weighted by Crippen LogP contribution is -2.36. The molecule has 2 rings (SSSR count). The van der Waals surface area contributed by atoms with Gasteiger partial charge in [0.2, 0.25) is 0 Å². The highest BCUT2D eigenvalue weighted by Crippen LogP contribution is 2.53. The molecule has 120 valence electrons. The zero-order valence-electron chi connectivity index (χ0n) is 13.9. The standard InChI is InChI=1S/C18H36N2.H2/c1-3-6-17(7-4-2)8-10-18(11-9-17)12-15-20(16-18)14-5-13-19;/h3-16,19H2,1-2H3;1H. The molecule has 20 heavy (non-hydrogen) atoms. The highest BCUT2D eigenvalue weighted by atomic mass is 15.2. The summed E-state index contributed by atoms with van der Waals surface area (Å²) in [6.45, 7) is 9.50. The maximum atomic E-state index is 5.65. The average molecular weight is 283 g/mol. The van der Waals surface area contributed by atoms with E-state index in [1.54, 1.807) is 0 Å². The summed E-state index contributed by atoms with van der Waals surface area (Å²) in [6.07, 6.45) is 14.3. The van der Waals surface area contributed by atoms with Gasteiger partial charge in [-0.3, -0.25) is 0 Å². The second-order valence-corrected chi connectivity index (χ2v) is 7.67. The molecule has 2 nitrogen and oxygen atoms in total. The molecule has 0 atom stereocenters. The molecule has 1 saturated carbocycles. The number of nitrogens with zero attached hydrogens (tertiary/aromatic N) is 1. The van der Waals surface area contributed by atoms with E-state index in [9.17, 15) is 0 Å². The van der Waals surface area contributed by atoms with Gasteiger partial charge in [0, 0.05) is 7.97 Å². The summed E-state index contributed by atoms with van der Waals surface area (Å²) in [4.78, 5) is 2.68. The highest BCUT2D eigenvalue weighted by Gasteiger charge is 2.44. The number of nitrogens with two attached hydrogens (primary N) is 1. The smallest absolute Gasteiger partial charge is 0.00385 e. The van der Waals surface area contributed by atoms with Crippen LogP contribution in [0.1, 0.15) is 79.5 Å². The second-order valence-electron chi connectivity index (χ2n) is 7.67. The van der Waals surface area contributed by atoms with Crippen molar-refractivity contribution in [3.63, 3.8) is 0 Å². The molecule has 1 aliphatic carbocycles. The van der Waals surface area contributed by atoms with Gasteiger partial charge in [-0.1, -0.05) is 26.7 Å². The van der Waals surface area contributed by atoms with Crippen LogP contribution >= 0.6 is 0 Å². The third-order valence-corrected chi connectivity index (χ3v) is 6.13. The fourth-order valence-electron chi connectivity index (χ4n) is 4.94. The monoisotopic (exact) mass is 282 g/mol. The Morgan fingerprint density at radius 3 is 2.20 bits per heavy atom. The van der Waals surface area contributed by atoms with Crippen LogP contribution in [-0.4, -0.2) is 31.1 Å². The van der Waals surface area contributed by atoms with Gasteiger partial charge in [-0.05, 0) is 81.8 Å². The van der Waals surface area contributed by atoms with Crippen LogP contribution < -0.4 is 5.73 Å². The predicted octanol–water partition coefficient (Wildman–Crippen LogP) is 4.43. The van der Waals surface area contributed by atoms with Crippen LogP contribution in [0.2, 0.25) is 0 Å². The summed E-state index contributed by atoms with van der Waals surface area (Å²) in [5.74, 6) is 0. The van der Waals surface area contributed by atoms with E-state index in [4.69, 9.17) is 5.73 Å². The topological polar surface area (TPSA) is 29.3 Å². The molecule has 0 bridgehead atoms. The third-order valence-electron chi connectivity index (χ3n) is 6.13. The predicted molar refractivity (Wildman–Crippen MR) is 90.0 cm³/mol. The van der Waals surface area contributed by atoms with Crippen molar-refractivity contribution in [3.05, 3.63) is 0 Å². The van der Waals surface area contributed by atoms with E-state index in [2.05, 4.69) is 18.7 Å². The van der Waals surface area contributed by atoms with Crippen LogP contribution in [0.4, 0.5) is 0 Å². The maximum Gasteiger partial charge on any atom is 0.00385 e. The highest BCUT2D eigenvalue weighted by molar-refractivity contribution is 4.97. The quantitative estimate of drug-likeness (QED) is 0.748. The van der Waals surface area contributed by atoms with Gasteiger partial charge in [0.25, 0.3) is 0 Å². The van der Waals surface area contributed by atoms with Gasteiger partial charge in [0.1, 0.15) is 0 Å². The zero-order chi connectivity index (χ0) is 14.5. The minimum atomic E-state index is 0. The van der Waals surface area contributed by atoms with E-state index in [1.807, 2.05) is 0 Å². The molecule has 0 aromatic carbocycles. The zero-order valence-corrected chi connectivity index (χ0v) is 13.9. The fourth-order valence-corrected chi connectivity index (χ4v) is 4.94. The van der Waals surface area contributed by atoms with Gasteiger partial charge in [-0.2, -0.15) is 0 Å². The van der Waals surface area contributed by atoms with Gasteiger partial charge in [0.15, 0.2) is 0 Å². The Morgan fingerprint density at radius 1 is 1.00 bits per heavy atom. The lowest BCUT2D eigenvalue weighted by atomic mass is 9.60. The lowest BCUT2D eigenvalue weighted by Gasteiger charge is -2.45. The Balaban J connectivity index is 0.00000220. The van der Waals surface area contributed by atoms with E-state index in [-0.39, 0.29) is 1.43 Å². The molecule has 2 heteroatoms. The molecule has 1 saturated heterocycles. The van der Waals surface area contributed by atoms with Gasteiger partial charge < -0.3 is 10.6 Å². The van der Waals surface area contributed by atoms with Crippen LogP contribution in [-0.2, 0) is 0 Å². The van der Waals surface area contributed by atoms with Gasteiger partial charge >= 0.3 is 0 Å². The molecular formula is C18H38N2. The molecule has 2 fully saturated rings. The summed E-state index contributed by atoms with van der Waals surface area (Å²) in [5.41, 5.74) is 7.04. The van der Waals surface area contributed by atoms with Gasteiger partial charge in [-0.15, -0.1) is 0 Å². The molecule has 0 unspecified atom stereocenters. The first kappa shape index (κ1) is 16.3. The molecule has 2 aliphatic rings. The largest absolute Gasteiger partial charge is 0.330 e. The van der Waals surface area contributed by atoms with Crippen molar-refractivity contribution >= 4 is 0 Å². The Kier molecular flexibility index (Phi) is 5.92. The van der Waals surface area contributed by atoms with Crippen molar-refractivity contribution in [2.75, 3.05) is 26.2 Å². The Hall–Kier alpha value is -0.0800. The van der Waals surface area contributed by atoms with Crippen LogP contribution in [0.3, 0.4) is 0 Å². The van der Waals surface area contributed by atoms with Crippen LogP contribution in [0, 0.1) is 10.8 Å². The minimum Gasteiger partial charge on any atom is -0.330 e. The fraction of sp³-hybridized carbons (Fsp3) is 1.00. The van der Waals surface area contributed by atoms with Crippen molar-refractivity contribution < 1.29 is 1.43 Å². The van der Waals surface area contributed by atoms with Crippen molar-refractivity contribution in [3.8, 4) is 0 Å². The van der Waals surface area contributed by atoms with Crippen LogP contribution in [0.5, 0.6) is 0 Å². The molecule has 0 amide bonds. The van der Waals surface area contributed by atoms with Crippen LogP contribution in [0.25, 0.3) is 0 Å². The van der Waals surface area contributed by atoms with E-state index in [1.165, 1.54) is 83.8 Å². The number of hydrogen-bond donors (Lipinski definition) is 1. The van der Waals surface area contributed by atoms with Crippen molar-refractivity contribution in [1.82, 2.24) is 4.90 Å². The second kappa shape index (κ2) is 7.26. The molecule has 0 aromatic rings. The van der Waals surface area contributed by atoms with E-state index < -0.39 is 0 Å². The molecular weight excluding hydrogens is 244 g/mol. The first-order valence-corrected chi connectivity index (χ1v) is 9.10. The molecule has 0 radical (unpaired) electrons. The van der Waals surface area contributed by atoms with Crippen molar-refractivity contribution in [2.24, 2.45) is 16.6 Å². The molecule has 1 aliphatic heterocycles. The first-order valence-electron chi connectivity index (χ1n) is 9.10. The molecule has 0 aromatic heterocycles. The summed E-state index contributed by atoms with van der Waals surface area (Å²) < 4.78 is 0. The summed E-state index contributed by atoms with van der Waals surface area (Å²) in [5, 5.41) is 0. The molecule has 2 N–H and O–H groups in total. The van der Waals surface area contributed by atoms with Crippen LogP contribution in [0.15, 0.2) is 0 Å². The Labute approximate surface area is 128 Å². The van der Waals surface area contributed by atoms with Gasteiger partial charge in [-0.25, -0.2) is 0 Å². The summed E-state index contributed by atoms with van der Waals surface area (Å²) in [7, 11) is 0. The summed E-state index contributed by atoms with van der Waals surface area (Å²) >= 11 is 0. The number of hydrogen-bond acceptors (Lipinski definition) is 2. The van der Waals surface area contributed by atoms with E-state index >= 15 is 0 Å². The molecule has 1 spiro atoms. The van der Waals surface area contributed by atoms with Crippen molar-refractivity contribution in [1.29, 1.82) is 0 Å². The Bertz CT molecular complexity index is 277. The number of rotatable bonds is 7. The van der Waals surface area contributed by atoms with Crippen molar-refractivity contribution in [2.45, 2.75) is 78.1 Å². The maximum absolute atomic E-state index is 5.65. The normalized spacial score (nSPS) is 25.4.